The summed E-state index contributed by atoms with van der Waals surface area (Å²) in [5, 5.41) is 13.4. The standard InChI is InChI=1S/C13H22N2O/c1-9-4-5-11(10(2)8-9)13(16)12(15-3)6-7-14/h4-5,8,12-13,15-16H,6-7,14H2,1-3H3. The van der Waals surface area contributed by atoms with Gasteiger partial charge in [0.1, 0.15) is 0 Å². The van der Waals surface area contributed by atoms with E-state index in [0.29, 0.717) is 6.54 Å². The van der Waals surface area contributed by atoms with E-state index < -0.39 is 6.10 Å². The van der Waals surface area contributed by atoms with Crippen molar-refractivity contribution in [1.82, 2.24) is 5.32 Å². The third-order valence-electron chi connectivity index (χ3n) is 2.97. The van der Waals surface area contributed by atoms with Crippen LogP contribution < -0.4 is 11.1 Å². The Morgan fingerprint density at radius 2 is 2.06 bits per heavy atom. The van der Waals surface area contributed by atoms with E-state index in [9.17, 15) is 5.11 Å². The number of hydrogen-bond donors (Lipinski definition) is 3. The highest BCUT2D eigenvalue weighted by atomic mass is 16.3. The fourth-order valence-corrected chi connectivity index (χ4v) is 2.01. The average Bonchev–Trinajstić information content (AvgIpc) is 2.25. The summed E-state index contributed by atoms with van der Waals surface area (Å²) in [6.07, 6.45) is 0.277. The molecule has 1 aromatic carbocycles. The van der Waals surface area contributed by atoms with Crippen LogP contribution in [-0.4, -0.2) is 24.7 Å². The molecule has 0 fully saturated rings. The van der Waals surface area contributed by atoms with Crippen molar-refractivity contribution in [2.24, 2.45) is 5.73 Å². The number of aryl methyl sites for hydroxylation is 2. The van der Waals surface area contributed by atoms with Crippen molar-refractivity contribution in [3.05, 3.63) is 34.9 Å². The summed E-state index contributed by atoms with van der Waals surface area (Å²) in [5.74, 6) is 0. The third kappa shape index (κ3) is 3.04. The predicted octanol–water partition coefficient (Wildman–Crippen LogP) is 1.27. The molecule has 0 bridgehead atoms. The number of aliphatic hydroxyl groups excluding tert-OH is 1. The van der Waals surface area contributed by atoms with Crippen molar-refractivity contribution in [3.63, 3.8) is 0 Å². The minimum atomic E-state index is -0.492. The smallest absolute Gasteiger partial charge is 0.0945 e. The van der Waals surface area contributed by atoms with Gasteiger partial charge in [0.15, 0.2) is 0 Å². The molecule has 0 aliphatic carbocycles. The van der Waals surface area contributed by atoms with Gasteiger partial charge in [0.2, 0.25) is 0 Å². The predicted molar refractivity (Wildman–Crippen MR) is 67.4 cm³/mol. The van der Waals surface area contributed by atoms with Gasteiger partial charge >= 0.3 is 0 Å². The van der Waals surface area contributed by atoms with E-state index in [1.807, 2.05) is 26.1 Å². The molecule has 1 rings (SSSR count). The minimum Gasteiger partial charge on any atom is -0.387 e. The van der Waals surface area contributed by atoms with Gasteiger partial charge in [-0.3, -0.25) is 0 Å². The van der Waals surface area contributed by atoms with Gasteiger partial charge in [-0.15, -0.1) is 0 Å². The Kier molecular flexibility index (Phi) is 4.93. The number of rotatable bonds is 5. The monoisotopic (exact) mass is 222 g/mol. The van der Waals surface area contributed by atoms with Crippen molar-refractivity contribution >= 4 is 0 Å². The van der Waals surface area contributed by atoms with Gasteiger partial charge in [-0.05, 0) is 45.0 Å². The molecule has 16 heavy (non-hydrogen) atoms. The first kappa shape index (κ1) is 13.2. The summed E-state index contributed by atoms with van der Waals surface area (Å²) in [7, 11) is 1.85. The second-order valence-corrected chi connectivity index (χ2v) is 4.28. The van der Waals surface area contributed by atoms with Crippen LogP contribution in [0.4, 0.5) is 0 Å². The Morgan fingerprint density at radius 3 is 2.56 bits per heavy atom. The highest BCUT2D eigenvalue weighted by molar-refractivity contribution is 5.32. The van der Waals surface area contributed by atoms with Crippen LogP contribution in [0.5, 0.6) is 0 Å². The highest BCUT2D eigenvalue weighted by Crippen LogP contribution is 2.22. The number of benzene rings is 1. The van der Waals surface area contributed by atoms with Gasteiger partial charge in [-0.1, -0.05) is 23.8 Å². The molecule has 90 valence electrons. The lowest BCUT2D eigenvalue weighted by molar-refractivity contribution is 0.128. The fourth-order valence-electron chi connectivity index (χ4n) is 2.01. The highest BCUT2D eigenvalue weighted by Gasteiger charge is 2.19. The van der Waals surface area contributed by atoms with Crippen LogP contribution in [0.2, 0.25) is 0 Å². The Hall–Kier alpha value is -0.900. The van der Waals surface area contributed by atoms with Crippen molar-refractivity contribution in [3.8, 4) is 0 Å². The molecule has 0 spiro atoms. The largest absolute Gasteiger partial charge is 0.387 e. The Labute approximate surface area is 97.7 Å². The molecule has 0 aromatic heterocycles. The fraction of sp³-hybridized carbons (Fsp3) is 0.538. The van der Waals surface area contributed by atoms with Gasteiger partial charge < -0.3 is 16.2 Å². The van der Waals surface area contributed by atoms with E-state index in [1.165, 1.54) is 5.56 Å². The van der Waals surface area contributed by atoms with E-state index in [2.05, 4.69) is 18.3 Å². The molecule has 2 unspecified atom stereocenters. The average molecular weight is 222 g/mol. The molecule has 1 aromatic rings. The molecular formula is C13H22N2O. The van der Waals surface area contributed by atoms with Crippen molar-refractivity contribution in [1.29, 1.82) is 0 Å². The Morgan fingerprint density at radius 1 is 1.38 bits per heavy atom. The number of likely N-dealkylation sites (N-methyl/N-ethyl adjacent to an activating group) is 1. The maximum Gasteiger partial charge on any atom is 0.0945 e. The molecule has 0 aliphatic heterocycles. The normalized spacial score (nSPS) is 14.8. The third-order valence-corrected chi connectivity index (χ3v) is 2.97. The van der Waals surface area contributed by atoms with Gasteiger partial charge in [-0.25, -0.2) is 0 Å². The molecule has 0 radical (unpaired) electrons. The van der Waals surface area contributed by atoms with Gasteiger partial charge in [0.05, 0.1) is 6.10 Å². The quantitative estimate of drug-likeness (QED) is 0.703. The number of hydrogen-bond acceptors (Lipinski definition) is 3. The summed E-state index contributed by atoms with van der Waals surface area (Å²) in [6, 6.07) is 6.14. The maximum atomic E-state index is 10.3. The SMILES string of the molecule is CNC(CCN)C(O)c1ccc(C)cc1C. The molecule has 0 amide bonds. The lowest BCUT2D eigenvalue weighted by atomic mass is 9.95. The second kappa shape index (κ2) is 5.99. The van der Waals surface area contributed by atoms with Crippen LogP contribution in [0.25, 0.3) is 0 Å². The van der Waals surface area contributed by atoms with Crippen LogP contribution in [-0.2, 0) is 0 Å². The lowest BCUT2D eigenvalue weighted by Gasteiger charge is -2.23. The molecule has 4 N–H and O–H groups in total. The molecule has 3 nitrogen and oxygen atoms in total. The van der Waals surface area contributed by atoms with Crippen LogP contribution >= 0.6 is 0 Å². The van der Waals surface area contributed by atoms with Gasteiger partial charge in [-0.2, -0.15) is 0 Å². The number of aliphatic hydroxyl groups is 1. The molecule has 0 heterocycles. The summed E-state index contributed by atoms with van der Waals surface area (Å²) in [5.41, 5.74) is 8.86. The molecular weight excluding hydrogens is 200 g/mol. The molecule has 0 saturated carbocycles. The topological polar surface area (TPSA) is 58.3 Å². The first-order chi connectivity index (χ1) is 7.60. The van der Waals surface area contributed by atoms with E-state index in [4.69, 9.17) is 5.73 Å². The Balaban J connectivity index is 2.89. The number of nitrogens with two attached hydrogens (primary N) is 1. The van der Waals surface area contributed by atoms with Crippen molar-refractivity contribution in [2.45, 2.75) is 32.4 Å². The summed E-state index contributed by atoms with van der Waals surface area (Å²) >= 11 is 0. The second-order valence-electron chi connectivity index (χ2n) is 4.28. The van der Waals surface area contributed by atoms with Crippen LogP contribution in [0, 0.1) is 13.8 Å². The maximum absolute atomic E-state index is 10.3. The van der Waals surface area contributed by atoms with E-state index >= 15 is 0 Å². The van der Waals surface area contributed by atoms with E-state index in [-0.39, 0.29) is 6.04 Å². The van der Waals surface area contributed by atoms with Gasteiger partial charge in [0, 0.05) is 6.04 Å². The molecule has 2 atom stereocenters. The molecule has 3 heteroatoms. The van der Waals surface area contributed by atoms with Crippen LogP contribution in [0.1, 0.15) is 29.2 Å². The van der Waals surface area contributed by atoms with Crippen molar-refractivity contribution in [2.75, 3.05) is 13.6 Å². The lowest BCUT2D eigenvalue weighted by Crippen LogP contribution is -2.34. The number of nitrogens with one attached hydrogen (secondary N) is 1. The van der Waals surface area contributed by atoms with E-state index in [1.54, 1.807) is 0 Å². The zero-order valence-electron chi connectivity index (χ0n) is 10.3. The zero-order chi connectivity index (χ0) is 12.1. The first-order valence-corrected chi connectivity index (χ1v) is 5.72. The van der Waals surface area contributed by atoms with Crippen LogP contribution in [0.15, 0.2) is 18.2 Å². The Bertz CT molecular complexity index is 339. The van der Waals surface area contributed by atoms with Crippen LogP contribution in [0.3, 0.4) is 0 Å². The summed E-state index contributed by atoms with van der Waals surface area (Å²) in [4.78, 5) is 0. The first-order valence-electron chi connectivity index (χ1n) is 5.72. The minimum absolute atomic E-state index is 0.0198. The molecule has 0 aliphatic rings. The molecule has 0 saturated heterocycles. The van der Waals surface area contributed by atoms with E-state index in [0.717, 1.165) is 17.5 Å². The van der Waals surface area contributed by atoms with Gasteiger partial charge in [0.25, 0.3) is 0 Å². The summed E-state index contributed by atoms with van der Waals surface area (Å²) in [6.45, 7) is 4.66. The summed E-state index contributed by atoms with van der Waals surface area (Å²) < 4.78 is 0. The zero-order valence-corrected chi connectivity index (χ0v) is 10.3. The van der Waals surface area contributed by atoms with Crippen molar-refractivity contribution < 1.29 is 5.11 Å².